The van der Waals surface area contributed by atoms with E-state index in [2.05, 4.69) is 32.9 Å². The van der Waals surface area contributed by atoms with Crippen LogP contribution in [0.1, 0.15) is 6.92 Å². The Morgan fingerprint density at radius 3 is 2.11 bits per heavy atom. The molecule has 0 atom stereocenters. The molecule has 0 aromatic heterocycles. The van der Waals surface area contributed by atoms with Gasteiger partial charge in [-0.05, 0) is 19.1 Å². The van der Waals surface area contributed by atoms with Crippen LogP contribution in [0, 0.1) is 0 Å². The van der Waals surface area contributed by atoms with Crippen LogP contribution < -0.4 is 22.6 Å². The highest BCUT2D eigenvalue weighted by atomic mass is 32.3. The number of hydrogen-bond donors (Lipinski definition) is 6. The number of nitrogens with one attached hydrogen (secondary N) is 1. The second kappa shape index (κ2) is 9.23. The van der Waals surface area contributed by atoms with Crippen molar-refractivity contribution in [3.63, 3.8) is 0 Å². The second-order valence-electron chi connectivity index (χ2n) is 2.45. The molecule has 0 aliphatic carbocycles. The van der Waals surface area contributed by atoms with Crippen molar-refractivity contribution < 1.29 is 17.5 Å². The first-order chi connectivity index (χ1) is 8.02. The van der Waals surface area contributed by atoms with Gasteiger partial charge in [0.05, 0.1) is 11.9 Å². The molecule has 0 aromatic carbocycles. The van der Waals surface area contributed by atoms with Crippen molar-refractivity contribution in [2.75, 3.05) is 0 Å². The van der Waals surface area contributed by atoms with Crippen LogP contribution in [-0.2, 0) is 10.4 Å². The van der Waals surface area contributed by atoms with Crippen LogP contribution in [0.25, 0.3) is 0 Å². The van der Waals surface area contributed by atoms with E-state index in [-0.39, 0.29) is 11.1 Å². The summed E-state index contributed by atoms with van der Waals surface area (Å²) in [6.07, 6.45) is 1.35. The number of hydrazone groups is 1. The molecular formula is C5H13N7O4S2. The molecule has 9 N–H and O–H groups in total. The summed E-state index contributed by atoms with van der Waals surface area (Å²) in [7, 11) is -4.67. The van der Waals surface area contributed by atoms with E-state index in [1.807, 2.05) is 0 Å². The molecule has 0 amide bonds. The summed E-state index contributed by atoms with van der Waals surface area (Å²) in [5.74, 6) is -0.119. The molecule has 0 fully saturated rings. The maximum absolute atomic E-state index is 8.74. The summed E-state index contributed by atoms with van der Waals surface area (Å²) < 4.78 is 31.6. The summed E-state index contributed by atoms with van der Waals surface area (Å²) in [5, 5.41) is 10.7. The Kier molecular flexibility index (Phi) is 9.50. The van der Waals surface area contributed by atoms with Crippen LogP contribution in [0.2, 0.25) is 0 Å². The Balaban J connectivity index is 0. The predicted octanol–water partition coefficient (Wildman–Crippen LogP) is -2.20. The van der Waals surface area contributed by atoms with Gasteiger partial charge >= 0.3 is 10.4 Å². The van der Waals surface area contributed by atoms with Gasteiger partial charge in [-0.25, -0.2) is 0 Å². The molecule has 18 heavy (non-hydrogen) atoms. The third-order valence-corrected chi connectivity index (χ3v) is 0.852. The molecule has 0 bridgehead atoms. The minimum absolute atomic E-state index is 0.0783. The molecule has 0 aromatic rings. The number of thiocarbonyl (C=S) groups is 1. The first-order valence-electron chi connectivity index (χ1n) is 3.94. The van der Waals surface area contributed by atoms with Gasteiger partial charge in [0.1, 0.15) is 0 Å². The minimum Gasteiger partial charge on any atom is -0.375 e. The highest BCUT2D eigenvalue weighted by molar-refractivity contribution is 7.80. The lowest BCUT2D eigenvalue weighted by Crippen LogP contribution is -2.25. The fourth-order valence-electron chi connectivity index (χ4n) is 0.351. The van der Waals surface area contributed by atoms with Crippen molar-refractivity contribution in [1.29, 1.82) is 0 Å². The number of rotatable bonds is 3. The number of nitrogens with two attached hydrogens (primary N) is 3. The minimum atomic E-state index is -4.67. The smallest absolute Gasteiger partial charge is 0.375 e. The molecule has 104 valence electrons. The van der Waals surface area contributed by atoms with Crippen LogP contribution in [0.3, 0.4) is 0 Å². The van der Waals surface area contributed by atoms with E-state index in [1.54, 1.807) is 6.92 Å². The lowest BCUT2D eigenvalue weighted by Gasteiger charge is -1.94. The molecule has 0 radical (unpaired) electrons. The van der Waals surface area contributed by atoms with E-state index in [0.29, 0.717) is 5.71 Å². The topological polar surface area (TPSA) is 202 Å². The van der Waals surface area contributed by atoms with Crippen LogP contribution in [-0.4, -0.2) is 40.5 Å². The van der Waals surface area contributed by atoms with E-state index in [1.165, 1.54) is 6.21 Å². The zero-order chi connectivity index (χ0) is 14.8. The molecule has 0 aliphatic heterocycles. The second-order valence-corrected chi connectivity index (χ2v) is 3.78. The molecule has 11 nitrogen and oxygen atoms in total. The van der Waals surface area contributed by atoms with Crippen LogP contribution in [0.15, 0.2) is 15.3 Å². The standard InChI is InChI=1S/C5H11N7S.H2O4S/c1-3(10-12-5(8)13)2-9-11-4(6)7;1-5(2,3)4/h2H,1H3,(H4,6,7,11)(H3,8,12,13);(H2,1,2,3,4)/b9-2+,10-3+;. The maximum Gasteiger partial charge on any atom is 0.394 e. The van der Waals surface area contributed by atoms with Crippen molar-refractivity contribution in [3.8, 4) is 0 Å². The van der Waals surface area contributed by atoms with E-state index < -0.39 is 10.4 Å². The maximum atomic E-state index is 8.74. The van der Waals surface area contributed by atoms with Crippen molar-refractivity contribution in [3.05, 3.63) is 0 Å². The Hall–Kier alpha value is -1.83. The summed E-state index contributed by atoms with van der Waals surface area (Å²) in [4.78, 5) is 0. The third kappa shape index (κ3) is 29.2. The SMILES string of the molecule is CC(/C=N/N=C(N)N)=N\NC(N)=S.O=S(=O)(O)O. The van der Waals surface area contributed by atoms with E-state index in [9.17, 15) is 0 Å². The van der Waals surface area contributed by atoms with Crippen molar-refractivity contribution in [2.45, 2.75) is 6.92 Å². The van der Waals surface area contributed by atoms with Gasteiger partial charge in [-0.3, -0.25) is 14.5 Å². The Labute approximate surface area is 108 Å². The summed E-state index contributed by atoms with van der Waals surface area (Å²) in [5.41, 5.74) is 18.1. The summed E-state index contributed by atoms with van der Waals surface area (Å²) in [6, 6.07) is 0. The van der Waals surface area contributed by atoms with Crippen molar-refractivity contribution >= 4 is 45.6 Å². The van der Waals surface area contributed by atoms with Gasteiger partial charge in [0.25, 0.3) is 0 Å². The number of nitrogens with zero attached hydrogens (tertiary/aromatic N) is 3. The first-order valence-corrected chi connectivity index (χ1v) is 5.74. The largest absolute Gasteiger partial charge is 0.394 e. The molecule has 0 saturated heterocycles. The fourth-order valence-corrected chi connectivity index (χ4v) is 0.397. The van der Waals surface area contributed by atoms with Crippen LogP contribution in [0.5, 0.6) is 0 Å². The Morgan fingerprint density at radius 2 is 1.78 bits per heavy atom. The van der Waals surface area contributed by atoms with Crippen molar-refractivity contribution in [1.82, 2.24) is 5.43 Å². The molecule has 0 spiro atoms. The monoisotopic (exact) mass is 299 g/mol. The van der Waals surface area contributed by atoms with Gasteiger partial charge in [0.15, 0.2) is 5.11 Å². The Bertz CT molecular complexity index is 442. The van der Waals surface area contributed by atoms with E-state index >= 15 is 0 Å². The molecule has 0 rings (SSSR count). The summed E-state index contributed by atoms with van der Waals surface area (Å²) >= 11 is 4.52. The van der Waals surface area contributed by atoms with Gasteiger partial charge in [-0.1, -0.05) is 0 Å². The highest BCUT2D eigenvalue weighted by Gasteiger charge is 1.85. The normalized spacial score (nSPS) is 11.4. The van der Waals surface area contributed by atoms with Gasteiger partial charge in [0, 0.05) is 0 Å². The molecule has 0 saturated carbocycles. The van der Waals surface area contributed by atoms with Gasteiger partial charge in [-0.2, -0.15) is 18.6 Å². The van der Waals surface area contributed by atoms with Crippen LogP contribution >= 0.6 is 12.2 Å². The van der Waals surface area contributed by atoms with Gasteiger partial charge < -0.3 is 17.2 Å². The Morgan fingerprint density at radius 1 is 1.33 bits per heavy atom. The zero-order valence-corrected chi connectivity index (χ0v) is 10.8. The van der Waals surface area contributed by atoms with E-state index in [0.717, 1.165) is 0 Å². The highest BCUT2D eigenvalue weighted by Crippen LogP contribution is 1.73. The molecule has 0 heterocycles. The first kappa shape index (κ1) is 18.5. The average Bonchev–Trinajstić information content (AvgIpc) is 2.11. The lowest BCUT2D eigenvalue weighted by atomic mass is 10.5. The summed E-state index contributed by atoms with van der Waals surface area (Å²) in [6.45, 7) is 1.68. The molecular weight excluding hydrogens is 286 g/mol. The van der Waals surface area contributed by atoms with Crippen LogP contribution in [0.4, 0.5) is 0 Å². The number of hydrogen-bond acceptors (Lipinski definition) is 6. The predicted molar refractivity (Wildman–Crippen MR) is 71.5 cm³/mol. The quantitative estimate of drug-likeness (QED) is 0.110. The fraction of sp³-hybridized carbons (Fsp3) is 0.200. The lowest BCUT2D eigenvalue weighted by molar-refractivity contribution is 0.381. The molecule has 0 aliphatic rings. The third-order valence-electron chi connectivity index (χ3n) is 0.760. The van der Waals surface area contributed by atoms with Gasteiger partial charge in [0.2, 0.25) is 5.96 Å². The average molecular weight is 299 g/mol. The van der Waals surface area contributed by atoms with E-state index in [4.69, 9.17) is 34.7 Å². The zero-order valence-electron chi connectivity index (χ0n) is 9.18. The number of guanidine groups is 1. The van der Waals surface area contributed by atoms with Crippen molar-refractivity contribution in [2.24, 2.45) is 32.5 Å². The molecule has 0 unspecified atom stereocenters. The molecule has 13 heteroatoms. The van der Waals surface area contributed by atoms with Gasteiger partial charge in [-0.15, -0.1) is 5.10 Å².